The van der Waals surface area contributed by atoms with Gasteiger partial charge in [-0.05, 0) is 37.0 Å². The summed E-state index contributed by atoms with van der Waals surface area (Å²) in [5, 5.41) is 11.9. The van der Waals surface area contributed by atoms with Gasteiger partial charge in [0.2, 0.25) is 0 Å². The predicted octanol–water partition coefficient (Wildman–Crippen LogP) is 2.71. The number of nitrogens with one attached hydrogen (secondary N) is 1. The zero-order valence-electron chi connectivity index (χ0n) is 13.2. The second-order valence-electron chi connectivity index (χ2n) is 7.07. The molecule has 0 aromatic rings. The number of carbonyl (C=O) groups is 2. The van der Waals surface area contributed by atoms with Crippen LogP contribution >= 0.6 is 0 Å². The average Bonchev–Trinajstić information content (AvgIpc) is 2.87. The minimum Gasteiger partial charge on any atom is -0.481 e. The molecule has 0 aromatic heterocycles. The molecular formula is C16H28N2O3. The molecule has 120 valence electrons. The molecule has 5 heteroatoms. The monoisotopic (exact) mass is 296 g/mol. The van der Waals surface area contributed by atoms with E-state index in [0.29, 0.717) is 5.41 Å². The van der Waals surface area contributed by atoms with Gasteiger partial charge in [-0.25, -0.2) is 4.79 Å². The Hall–Kier alpha value is -1.26. The van der Waals surface area contributed by atoms with Crippen LogP contribution in [0.5, 0.6) is 0 Å². The molecule has 1 saturated carbocycles. The Kier molecular flexibility index (Phi) is 5.12. The number of likely N-dealkylation sites (tertiary alicyclic amines) is 1. The molecule has 0 radical (unpaired) electrons. The number of hydrogen-bond donors (Lipinski definition) is 2. The van der Waals surface area contributed by atoms with Gasteiger partial charge in [0.25, 0.3) is 0 Å². The van der Waals surface area contributed by atoms with Gasteiger partial charge in [-0.2, -0.15) is 0 Å². The Morgan fingerprint density at radius 2 is 1.71 bits per heavy atom. The van der Waals surface area contributed by atoms with Crippen LogP contribution in [-0.2, 0) is 4.79 Å². The summed E-state index contributed by atoms with van der Waals surface area (Å²) in [7, 11) is 0. The van der Waals surface area contributed by atoms with Gasteiger partial charge in [0, 0.05) is 19.6 Å². The maximum atomic E-state index is 12.2. The molecule has 1 spiro atoms. The van der Waals surface area contributed by atoms with Crippen LogP contribution in [0.4, 0.5) is 4.79 Å². The fourth-order valence-electron chi connectivity index (χ4n) is 3.73. The first-order chi connectivity index (χ1) is 9.93. The number of carboxylic acid groups (broad SMARTS) is 1. The van der Waals surface area contributed by atoms with E-state index in [0.717, 1.165) is 25.9 Å². The molecule has 2 aliphatic rings. The van der Waals surface area contributed by atoms with Gasteiger partial charge >= 0.3 is 12.0 Å². The number of nitrogens with zero attached hydrogens (tertiary/aromatic N) is 1. The molecule has 1 heterocycles. The van der Waals surface area contributed by atoms with Gasteiger partial charge < -0.3 is 15.3 Å². The van der Waals surface area contributed by atoms with E-state index < -0.39 is 11.9 Å². The number of rotatable bonds is 4. The number of aliphatic carboxylic acids is 1. The Morgan fingerprint density at radius 3 is 2.19 bits per heavy atom. The summed E-state index contributed by atoms with van der Waals surface area (Å²) in [5.74, 6) is -1.33. The molecule has 1 atom stereocenters. The zero-order chi connectivity index (χ0) is 15.5. The van der Waals surface area contributed by atoms with E-state index in [9.17, 15) is 9.59 Å². The van der Waals surface area contributed by atoms with Crippen molar-refractivity contribution in [3.8, 4) is 0 Å². The second-order valence-corrected chi connectivity index (χ2v) is 7.07. The Labute approximate surface area is 127 Å². The van der Waals surface area contributed by atoms with Crippen LogP contribution in [0.25, 0.3) is 0 Å². The lowest BCUT2D eigenvalue weighted by Crippen LogP contribution is -2.48. The lowest BCUT2D eigenvalue weighted by atomic mass is 9.77. The first kappa shape index (κ1) is 16.1. The highest BCUT2D eigenvalue weighted by molar-refractivity contribution is 5.76. The minimum atomic E-state index is -0.839. The van der Waals surface area contributed by atoms with E-state index in [1.54, 1.807) is 0 Å². The number of carboxylic acids is 1. The third-order valence-corrected chi connectivity index (χ3v) is 5.37. The van der Waals surface area contributed by atoms with Crippen LogP contribution in [0.1, 0.15) is 52.4 Å². The van der Waals surface area contributed by atoms with Crippen LogP contribution < -0.4 is 5.32 Å². The number of amides is 2. The molecule has 2 rings (SSSR count). The van der Waals surface area contributed by atoms with Crippen molar-refractivity contribution in [1.82, 2.24) is 10.2 Å². The maximum Gasteiger partial charge on any atom is 0.317 e. The molecule has 2 amide bonds. The van der Waals surface area contributed by atoms with E-state index in [1.807, 2.05) is 18.7 Å². The fraction of sp³-hybridized carbons (Fsp3) is 0.875. The van der Waals surface area contributed by atoms with E-state index >= 15 is 0 Å². The van der Waals surface area contributed by atoms with E-state index in [1.165, 1.54) is 25.7 Å². The van der Waals surface area contributed by atoms with Gasteiger partial charge in [-0.3, -0.25) is 4.79 Å². The summed E-state index contributed by atoms with van der Waals surface area (Å²) < 4.78 is 0. The first-order valence-electron chi connectivity index (χ1n) is 8.19. The number of urea groups is 1. The molecule has 5 nitrogen and oxygen atoms in total. The topological polar surface area (TPSA) is 69.6 Å². The van der Waals surface area contributed by atoms with Crippen molar-refractivity contribution in [1.29, 1.82) is 0 Å². The molecular weight excluding hydrogens is 268 g/mol. The molecule has 2 N–H and O–H groups in total. The first-order valence-corrected chi connectivity index (χ1v) is 8.19. The van der Waals surface area contributed by atoms with Crippen LogP contribution in [0.2, 0.25) is 0 Å². The van der Waals surface area contributed by atoms with Crippen LogP contribution in [0.3, 0.4) is 0 Å². The van der Waals surface area contributed by atoms with Gasteiger partial charge in [-0.15, -0.1) is 0 Å². The molecule has 1 saturated heterocycles. The molecule has 0 aromatic carbocycles. The third kappa shape index (κ3) is 3.89. The molecule has 2 fully saturated rings. The summed E-state index contributed by atoms with van der Waals surface area (Å²) in [5.41, 5.74) is 0.498. The van der Waals surface area contributed by atoms with Crippen molar-refractivity contribution in [2.45, 2.75) is 52.4 Å². The summed E-state index contributed by atoms with van der Waals surface area (Å²) in [4.78, 5) is 25.2. The molecule has 1 aliphatic carbocycles. The summed E-state index contributed by atoms with van der Waals surface area (Å²) >= 11 is 0. The van der Waals surface area contributed by atoms with Crippen molar-refractivity contribution in [2.75, 3.05) is 19.6 Å². The maximum absolute atomic E-state index is 12.2. The second kappa shape index (κ2) is 6.67. The van der Waals surface area contributed by atoms with Crippen molar-refractivity contribution in [3.05, 3.63) is 0 Å². The summed E-state index contributed by atoms with van der Waals surface area (Å²) in [6.07, 6.45) is 7.51. The van der Waals surface area contributed by atoms with Crippen LogP contribution in [0, 0.1) is 17.3 Å². The van der Waals surface area contributed by atoms with Gasteiger partial charge in [0.05, 0.1) is 5.92 Å². The molecule has 0 bridgehead atoms. The van der Waals surface area contributed by atoms with Crippen molar-refractivity contribution in [3.63, 3.8) is 0 Å². The smallest absolute Gasteiger partial charge is 0.317 e. The van der Waals surface area contributed by atoms with Crippen molar-refractivity contribution < 1.29 is 14.7 Å². The van der Waals surface area contributed by atoms with Crippen molar-refractivity contribution in [2.24, 2.45) is 17.3 Å². The lowest BCUT2D eigenvalue weighted by Gasteiger charge is -2.39. The Bertz CT molecular complexity index is 379. The quantitative estimate of drug-likeness (QED) is 0.838. The minimum absolute atomic E-state index is 0.0194. The lowest BCUT2D eigenvalue weighted by molar-refractivity contribution is -0.142. The highest BCUT2D eigenvalue weighted by Crippen LogP contribution is 2.46. The summed E-state index contributed by atoms with van der Waals surface area (Å²) in [6.45, 7) is 5.58. The number of hydrogen-bond acceptors (Lipinski definition) is 2. The van der Waals surface area contributed by atoms with Crippen LogP contribution in [-0.4, -0.2) is 41.6 Å². The normalized spacial score (nSPS) is 22.5. The largest absolute Gasteiger partial charge is 0.481 e. The van der Waals surface area contributed by atoms with Crippen molar-refractivity contribution >= 4 is 12.0 Å². The van der Waals surface area contributed by atoms with E-state index in [-0.39, 0.29) is 18.5 Å². The van der Waals surface area contributed by atoms with Gasteiger partial charge in [0.1, 0.15) is 0 Å². The average molecular weight is 296 g/mol. The Balaban J connectivity index is 1.78. The van der Waals surface area contributed by atoms with Crippen LogP contribution in [0.15, 0.2) is 0 Å². The summed E-state index contributed by atoms with van der Waals surface area (Å²) in [6, 6.07) is -0.102. The van der Waals surface area contributed by atoms with Gasteiger partial charge in [0.15, 0.2) is 0 Å². The number of piperidine rings is 1. The van der Waals surface area contributed by atoms with E-state index in [2.05, 4.69) is 5.32 Å². The highest BCUT2D eigenvalue weighted by atomic mass is 16.4. The fourth-order valence-corrected chi connectivity index (χ4v) is 3.73. The standard InChI is InChI=1S/C16H28N2O3/c1-12(2)13(14(19)20)11-17-15(21)18-9-7-16(8-10-18)5-3-4-6-16/h12-13H,3-11H2,1-2H3,(H,17,21)(H,19,20). The highest BCUT2D eigenvalue weighted by Gasteiger charge is 2.38. The third-order valence-electron chi connectivity index (χ3n) is 5.37. The van der Waals surface area contributed by atoms with Gasteiger partial charge in [-0.1, -0.05) is 26.7 Å². The SMILES string of the molecule is CC(C)C(CNC(=O)N1CCC2(CCCC2)CC1)C(=O)O. The zero-order valence-corrected chi connectivity index (χ0v) is 13.2. The molecule has 1 unspecified atom stereocenters. The molecule has 21 heavy (non-hydrogen) atoms. The molecule has 1 aliphatic heterocycles. The van der Waals surface area contributed by atoms with E-state index in [4.69, 9.17) is 5.11 Å². The number of carbonyl (C=O) groups excluding carboxylic acids is 1. The Morgan fingerprint density at radius 1 is 1.14 bits per heavy atom. The predicted molar refractivity (Wildman–Crippen MR) is 81.1 cm³/mol.